The summed E-state index contributed by atoms with van der Waals surface area (Å²) in [5, 5.41) is 2.83. The van der Waals surface area contributed by atoms with Crippen molar-refractivity contribution >= 4 is 27.4 Å². The highest BCUT2D eigenvalue weighted by Gasteiger charge is 2.20. The summed E-state index contributed by atoms with van der Waals surface area (Å²) in [7, 11) is -3.15. The fourth-order valence-electron chi connectivity index (χ4n) is 2.82. The van der Waals surface area contributed by atoms with E-state index in [1.807, 2.05) is 24.3 Å². The Morgan fingerprint density at radius 3 is 2.24 bits per heavy atom. The highest BCUT2D eigenvalue weighted by molar-refractivity contribution is 7.89. The molecule has 0 radical (unpaired) electrons. The first kappa shape index (κ1) is 22.6. The van der Waals surface area contributed by atoms with Gasteiger partial charge in [0.25, 0.3) is 5.91 Å². The Kier molecular flexibility index (Phi) is 7.56. The fourth-order valence-corrected chi connectivity index (χ4v) is 3.61. The highest BCUT2D eigenvalue weighted by atomic mass is 32.2. The molecule has 2 aromatic rings. The molecule has 2 rings (SSSR count). The number of ether oxygens (including phenoxy) is 1. The third-order valence-corrected chi connectivity index (χ3v) is 5.49. The van der Waals surface area contributed by atoms with Gasteiger partial charge in [-0.25, -0.2) is 13.2 Å². The van der Waals surface area contributed by atoms with Crippen LogP contribution in [-0.2, 0) is 25.1 Å². The van der Waals surface area contributed by atoms with Gasteiger partial charge >= 0.3 is 5.97 Å². The second-order valence-electron chi connectivity index (χ2n) is 7.20. The van der Waals surface area contributed by atoms with Gasteiger partial charge in [-0.2, -0.15) is 0 Å². The van der Waals surface area contributed by atoms with Crippen molar-refractivity contribution in [1.82, 2.24) is 0 Å². The molecule has 0 spiro atoms. The predicted molar refractivity (Wildman–Crippen MR) is 114 cm³/mol. The van der Waals surface area contributed by atoms with Crippen molar-refractivity contribution in [3.8, 4) is 0 Å². The summed E-state index contributed by atoms with van der Waals surface area (Å²) in [6, 6.07) is 13.7. The number of esters is 1. The zero-order valence-corrected chi connectivity index (χ0v) is 18.0. The monoisotopic (exact) mass is 417 g/mol. The van der Waals surface area contributed by atoms with E-state index in [4.69, 9.17) is 4.74 Å². The van der Waals surface area contributed by atoms with Crippen molar-refractivity contribution in [2.75, 3.05) is 11.6 Å². The molecule has 156 valence electrons. The molecule has 0 unspecified atom stereocenters. The van der Waals surface area contributed by atoms with E-state index in [1.54, 1.807) is 12.1 Å². The molecule has 0 bridgehead atoms. The van der Waals surface area contributed by atoms with Crippen molar-refractivity contribution < 1.29 is 22.7 Å². The molecule has 0 aromatic heterocycles. The molecule has 6 nitrogen and oxygen atoms in total. The molecule has 2 aromatic carbocycles. The van der Waals surface area contributed by atoms with E-state index in [0.717, 1.165) is 18.2 Å². The van der Waals surface area contributed by atoms with Crippen LogP contribution in [0.5, 0.6) is 0 Å². The topological polar surface area (TPSA) is 89.5 Å². The van der Waals surface area contributed by atoms with Gasteiger partial charge in [0.15, 0.2) is 15.9 Å². The maximum Gasteiger partial charge on any atom is 0.338 e. The molecular formula is C22H27NO5S. The first-order valence-corrected chi connectivity index (χ1v) is 11.5. The molecule has 7 heteroatoms. The Morgan fingerprint density at radius 1 is 1.03 bits per heavy atom. The molecule has 0 aliphatic carbocycles. The zero-order chi connectivity index (χ0) is 21.6. The Hall–Kier alpha value is -2.67. The van der Waals surface area contributed by atoms with Crippen LogP contribution in [0.1, 0.15) is 54.6 Å². The average Bonchev–Trinajstić information content (AvgIpc) is 2.67. The van der Waals surface area contributed by atoms with Crippen LogP contribution in [0, 0.1) is 0 Å². The standard InChI is InChI=1S/C22H27NO5S/c1-5-15(2)19-8-6-7-9-20(19)23-21(24)16(3)28-22(25)18-12-10-17(11-13-18)14-29(4,26)27/h6-13,15-16H,5,14H2,1-4H3,(H,23,24)/t15-,16+/m0/s1. The third-order valence-electron chi connectivity index (χ3n) is 4.63. The number of rotatable bonds is 8. The normalized spacial score (nSPS) is 13.4. The SMILES string of the molecule is CC[C@H](C)c1ccccc1NC(=O)[C@@H](C)OC(=O)c1ccc(CS(C)(=O)=O)cc1. The van der Waals surface area contributed by atoms with Crippen LogP contribution >= 0.6 is 0 Å². The number of anilines is 1. The first-order valence-electron chi connectivity index (χ1n) is 9.48. The molecule has 29 heavy (non-hydrogen) atoms. The second-order valence-corrected chi connectivity index (χ2v) is 9.34. The van der Waals surface area contributed by atoms with E-state index in [9.17, 15) is 18.0 Å². The van der Waals surface area contributed by atoms with E-state index >= 15 is 0 Å². The molecular weight excluding hydrogens is 390 g/mol. The lowest BCUT2D eigenvalue weighted by molar-refractivity contribution is -0.123. The lowest BCUT2D eigenvalue weighted by Crippen LogP contribution is -2.30. The van der Waals surface area contributed by atoms with E-state index < -0.39 is 27.8 Å². The van der Waals surface area contributed by atoms with Crippen LogP contribution in [-0.4, -0.2) is 32.7 Å². The number of carbonyl (C=O) groups excluding carboxylic acids is 2. The number of nitrogens with one attached hydrogen (secondary N) is 1. The van der Waals surface area contributed by atoms with Crippen LogP contribution in [0.25, 0.3) is 0 Å². The summed E-state index contributed by atoms with van der Waals surface area (Å²) >= 11 is 0. The predicted octanol–water partition coefficient (Wildman–Crippen LogP) is 3.93. The lowest BCUT2D eigenvalue weighted by Gasteiger charge is -2.18. The minimum atomic E-state index is -3.15. The molecule has 0 aliphatic heterocycles. The Bertz CT molecular complexity index is 967. The van der Waals surface area contributed by atoms with Crippen molar-refractivity contribution in [1.29, 1.82) is 0 Å². The number of amides is 1. The summed E-state index contributed by atoms with van der Waals surface area (Å²) in [4.78, 5) is 24.8. The van der Waals surface area contributed by atoms with Gasteiger partial charge in [0.1, 0.15) is 0 Å². The smallest absolute Gasteiger partial charge is 0.338 e. The summed E-state index contributed by atoms with van der Waals surface area (Å²) in [6.07, 6.45) is 1.10. The van der Waals surface area contributed by atoms with Crippen molar-refractivity contribution in [2.24, 2.45) is 0 Å². The maximum absolute atomic E-state index is 12.5. The molecule has 1 N–H and O–H groups in total. The summed E-state index contributed by atoms with van der Waals surface area (Å²) < 4.78 is 27.9. The van der Waals surface area contributed by atoms with Gasteiger partial charge in [-0.15, -0.1) is 0 Å². The van der Waals surface area contributed by atoms with Gasteiger partial charge in [-0.1, -0.05) is 44.2 Å². The molecule has 0 fully saturated rings. The van der Waals surface area contributed by atoms with E-state index in [0.29, 0.717) is 11.3 Å². The zero-order valence-electron chi connectivity index (χ0n) is 17.1. The van der Waals surface area contributed by atoms with Gasteiger partial charge in [0.2, 0.25) is 0 Å². The van der Waals surface area contributed by atoms with Crippen LogP contribution in [0.2, 0.25) is 0 Å². The van der Waals surface area contributed by atoms with Gasteiger partial charge < -0.3 is 10.1 Å². The number of para-hydroxylation sites is 1. The van der Waals surface area contributed by atoms with Crippen molar-refractivity contribution in [3.05, 3.63) is 65.2 Å². The van der Waals surface area contributed by atoms with Crippen LogP contribution in [0.4, 0.5) is 5.69 Å². The number of hydrogen-bond donors (Lipinski definition) is 1. The van der Waals surface area contributed by atoms with Gasteiger partial charge in [0, 0.05) is 11.9 Å². The minimum Gasteiger partial charge on any atom is -0.449 e. The number of hydrogen-bond acceptors (Lipinski definition) is 5. The van der Waals surface area contributed by atoms with Gasteiger partial charge in [0.05, 0.1) is 11.3 Å². The van der Waals surface area contributed by atoms with Crippen LogP contribution in [0.15, 0.2) is 48.5 Å². The Labute approximate surface area is 172 Å². The number of benzene rings is 2. The largest absolute Gasteiger partial charge is 0.449 e. The molecule has 0 saturated carbocycles. The Morgan fingerprint density at radius 2 is 1.66 bits per heavy atom. The number of carbonyl (C=O) groups is 2. The maximum atomic E-state index is 12.5. The fraction of sp³-hybridized carbons (Fsp3) is 0.364. The summed E-state index contributed by atoms with van der Waals surface area (Å²) in [5.74, 6) is -0.872. The molecule has 0 aliphatic rings. The molecule has 0 saturated heterocycles. The lowest BCUT2D eigenvalue weighted by atomic mass is 9.97. The second kappa shape index (κ2) is 9.69. The molecule has 2 atom stereocenters. The summed E-state index contributed by atoms with van der Waals surface area (Å²) in [5.41, 5.74) is 2.57. The van der Waals surface area contributed by atoms with Crippen LogP contribution in [0.3, 0.4) is 0 Å². The highest BCUT2D eigenvalue weighted by Crippen LogP contribution is 2.26. The average molecular weight is 418 g/mol. The minimum absolute atomic E-state index is 0.100. The third kappa shape index (κ3) is 6.71. The molecule has 1 amide bonds. The molecule has 0 heterocycles. The quantitative estimate of drug-likeness (QED) is 0.658. The van der Waals surface area contributed by atoms with E-state index in [1.165, 1.54) is 19.1 Å². The number of sulfone groups is 1. The summed E-state index contributed by atoms with van der Waals surface area (Å²) in [6.45, 7) is 5.67. The van der Waals surface area contributed by atoms with Crippen LogP contribution < -0.4 is 5.32 Å². The van der Waals surface area contributed by atoms with Crippen molar-refractivity contribution in [2.45, 2.75) is 45.0 Å². The van der Waals surface area contributed by atoms with E-state index in [2.05, 4.69) is 19.2 Å². The Balaban J connectivity index is 2.02. The van der Waals surface area contributed by atoms with Gasteiger partial charge in [-0.05, 0) is 48.6 Å². The van der Waals surface area contributed by atoms with E-state index in [-0.39, 0.29) is 17.2 Å². The van der Waals surface area contributed by atoms with Crippen molar-refractivity contribution in [3.63, 3.8) is 0 Å². The first-order chi connectivity index (χ1) is 13.6. The van der Waals surface area contributed by atoms with Gasteiger partial charge in [-0.3, -0.25) is 4.79 Å².